The second-order valence-corrected chi connectivity index (χ2v) is 2.83. The Bertz CT molecular complexity index is 280. The SMILES string of the molecule is O=c1c(Cl)cn(Cl)cc1Cl. The molecule has 1 aromatic heterocycles. The van der Waals surface area contributed by atoms with Crippen LogP contribution in [-0.2, 0) is 0 Å². The van der Waals surface area contributed by atoms with E-state index in [2.05, 4.69) is 0 Å². The molecule has 0 radical (unpaired) electrons. The minimum atomic E-state index is -0.403. The van der Waals surface area contributed by atoms with Gasteiger partial charge in [-0.1, -0.05) is 23.2 Å². The van der Waals surface area contributed by atoms with Crippen LogP contribution in [-0.4, -0.2) is 4.09 Å². The van der Waals surface area contributed by atoms with Crippen LogP contribution in [0.25, 0.3) is 0 Å². The van der Waals surface area contributed by atoms with E-state index in [1.807, 2.05) is 0 Å². The number of rotatable bonds is 0. The number of hydrogen-bond acceptors (Lipinski definition) is 1. The molecule has 0 atom stereocenters. The lowest BCUT2D eigenvalue weighted by molar-refractivity contribution is 1.19. The summed E-state index contributed by atoms with van der Waals surface area (Å²) in [5, 5.41) is 0.0324. The monoisotopic (exact) mass is 197 g/mol. The normalized spacial score (nSPS) is 9.90. The lowest BCUT2D eigenvalue weighted by atomic mass is 10.5. The highest BCUT2D eigenvalue weighted by molar-refractivity contribution is 6.34. The third kappa shape index (κ3) is 1.45. The molecule has 0 fully saturated rings. The molecule has 2 nitrogen and oxygen atoms in total. The first kappa shape index (κ1) is 7.92. The van der Waals surface area contributed by atoms with Gasteiger partial charge in [0.1, 0.15) is 10.0 Å². The van der Waals surface area contributed by atoms with Crippen LogP contribution in [0, 0.1) is 0 Å². The highest BCUT2D eigenvalue weighted by Gasteiger charge is 2.00. The minimum absolute atomic E-state index is 0.0162. The van der Waals surface area contributed by atoms with Crippen molar-refractivity contribution < 1.29 is 0 Å². The van der Waals surface area contributed by atoms with E-state index < -0.39 is 5.43 Å². The molecule has 0 N–H and O–H groups in total. The Hall–Kier alpha value is -0.180. The first-order chi connectivity index (χ1) is 4.61. The lowest BCUT2D eigenvalue weighted by Crippen LogP contribution is -2.03. The fraction of sp³-hybridized carbons (Fsp3) is 0. The van der Waals surface area contributed by atoms with Crippen LogP contribution < -0.4 is 5.43 Å². The smallest absolute Gasteiger partial charge is 0.218 e. The van der Waals surface area contributed by atoms with E-state index in [0.29, 0.717) is 0 Å². The Balaban J connectivity index is 3.46. The van der Waals surface area contributed by atoms with Gasteiger partial charge in [0.25, 0.3) is 0 Å². The van der Waals surface area contributed by atoms with Crippen LogP contribution in [0.4, 0.5) is 0 Å². The Morgan fingerprint density at radius 3 is 2.00 bits per heavy atom. The van der Waals surface area contributed by atoms with Gasteiger partial charge in [0.05, 0.1) is 0 Å². The van der Waals surface area contributed by atoms with Crippen molar-refractivity contribution in [1.82, 2.24) is 4.09 Å². The van der Waals surface area contributed by atoms with E-state index >= 15 is 0 Å². The molecule has 0 aromatic carbocycles. The summed E-state index contributed by atoms with van der Waals surface area (Å²) in [5.41, 5.74) is -0.403. The third-order valence-electron chi connectivity index (χ3n) is 0.907. The van der Waals surface area contributed by atoms with E-state index in [1.54, 1.807) is 0 Å². The van der Waals surface area contributed by atoms with Gasteiger partial charge in [0, 0.05) is 24.2 Å². The van der Waals surface area contributed by atoms with Crippen LogP contribution in [0.15, 0.2) is 17.2 Å². The number of pyridine rings is 1. The molecule has 10 heavy (non-hydrogen) atoms. The van der Waals surface area contributed by atoms with Crippen molar-refractivity contribution in [3.63, 3.8) is 0 Å². The van der Waals surface area contributed by atoms with Gasteiger partial charge >= 0.3 is 0 Å². The second-order valence-electron chi connectivity index (χ2n) is 1.63. The molecule has 0 aliphatic rings. The average molecular weight is 198 g/mol. The summed E-state index contributed by atoms with van der Waals surface area (Å²) in [7, 11) is 0. The van der Waals surface area contributed by atoms with Crippen molar-refractivity contribution in [2.24, 2.45) is 0 Å². The predicted molar refractivity (Wildman–Crippen MR) is 42.0 cm³/mol. The standard InChI is InChI=1S/C5H2Cl3NO/c6-3-1-9(8)2-4(7)5(3)10/h1-2H. The van der Waals surface area contributed by atoms with Gasteiger partial charge in [0.15, 0.2) is 0 Å². The third-order valence-corrected chi connectivity index (χ3v) is 1.64. The topological polar surface area (TPSA) is 22.0 Å². The molecule has 0 spiro atoms. The van der Waals surface area contributed by atoms with Crippen LogP contribution in [0.1, 0.15) is 0 Å². The Morgan fingerprint density at radius 2 is 1.60 bits per heavy atom. The van der Waals surface area contributed by atoms with Crippen molar-refractivity contribution in [1.29, 1.82) is 0 Å². The van der Waals surface area contributed by atoms with Gasteiger partial charge in [-0.25, -0.2) is 0 Å². The van der Waals surface area contributed by atoms with Crippen molar-refractivity contribution >= 4 is 35.0 Å². The molecule has 1 rings (SSSR count). The van der Waals surface area contributed by atoms with E-state index in [1.165, 1.54) is 12.4 Å². The van der Waals surface area contributed by atoms with E-state index in [9.17, 15) is 4.79 Å². The van der Waals surface area contributed by atoms with Crippen molar-refractivity contribution in [2.75, 3.05) is 0 Å². The summed E-state index contributed by atoms with van der Waals surface area (Å²) in [4.78, 5) is 10.8. The molecular weight excluding hydrogens is 196 g/mol. The highest BCUT2D eigenvalue weighted by Crippen LogP contribution is 2.08. The van der Waals surface area contributed by atoms with Gasteiger partial charge in [0.2, 0.25) is 5.43 Å². The molecule has 0 amide bonds. The molecule has 0 bridgehead atoms. The largest absolute Gasteiger partial charge is 0.286 e. The van der Waals surface area contributed by atoms with Crippen molar-refractivity contribution in [3.8, 4) is 0 Å². The number of halogens is 3. The molecule has 0 aliphatic heterocycles. The Labute approximate surface area is 72.0 Å². The predicted octanol–water partition coefficient (Wildman–Crippen LogP) is 2.16. The van der Waals surface area contributed by atoms with Gasteiger partial charge in [-0.3, -0.25) is 8.88 Å². The van der Waals surface area contributed by atoms with Gasteiger partial charge in [-0.05, 0) is 0 Å². The fourth-order valence-electron chi connectivity index (χ4n) is 0.485. The maximum absolute atomic E-state index is 10.8. The number of nitrogens with zero attached hydrogens (tertiary/aromatic N) is 1. The summed E-state index contributed by atoms with van der Waals surface area (Å²) in [6.45, 7) is 0. The Kier molecular flexibility index (Phi) is 2.24. The van der Waals surface area contributed by atoms with Crippen LogP contribution in [0.3, 0.4) is 0 Å². The lowest BCUT2D eigenvalue weighted by Gasteiger charge is -1.94. The summed E-state index contributed by atoms with van der Waals surface area (Å²) < 4.78 is 1.10. The zero-order valence-corrected chi connectivity index (χ0v) is 6.91. The van der Waals surface area contributed by atoms with Crippen LogP contribution in [0.5, 0.6) is 0 Å². The van der Waals surface area contributed by atoms with Crippen LogP contribution in [0.2, 0.25) is 10.0 Å². The zero-order valence-electron chi connectivity index (χ0n) is 4.64. The summed E-state index contributed by atoms with van der Waals surface area (Å²) in [6.07, 6.45) is 2.55. The minimum Gasteiger partial charge on any atom is -0.286 e. The molecule has 0 saturated heterocycles. The highest BCUT2D eigenvalue weighted by atomic mass is 35.5. The van der Waals surface area contributed by atoms with Crippen molar-refractivity contribution in [2.45, 2.75) is 0 Å². The van der Waals surface area contributed by atoms with E-state index in [-0.39, 0.29) is 10.0 Å². The summed E-state index contributed by atoms with van der Waals surface area (Å²) in [6, 6.07) is 0. The molecular formula is C5H2Cl3NO. The quantitative estimate of drug-likeness (QED) is 0.626. The molecule has 54 valence electrons. The van der Waals surface area contributed by atoms with Gasteiger partial charge in [-0.2, -0.15) is 0 Å². The van der Waals surface area contributed by atoms with Crippen molar-refractivity contribution in [3.05, 3.63) is 32.7 Å². The Morgan fingerprint density at radius 1 is 1.20 bits per heavy atom. The first-order valence-electron chi connectivity index (χ1n) is 2.34. The zero-order chi connectivity index (χ0) is 7.72. The molecule has 0 aliphatic carbocycles. The molecule has 5 heteroatoms. The average Bonchev–Trinajstić information content (AvgIpc) is 1.82. The van der Waals surface area contributed by atoms with Gasteiger partial charge < -0.3 is 0 Å². The molecule has 1 heterocycles. The summed E-state index contributed by atoms with van der Waals surface area (Å²) >= 11 is 16.3. The molecule has 0 saturated carbocycles. The first-order valence-corrected chi connectivity index (χ1v) is 3.44. The molecule has 1 aromatic rings. The number of aromatic nitrogens is 1. The van der Waals surface area contributed by atoms with Gasteiger partial charge in [-0.15, -0.1) is 0 Å². The number of hydrogen-bond donors (Lipinski definition) is 0. The maximum Gasteiger partial charge on any atom is 0.218 e. The van der Waals surface area contributed by atoms with E-state index in [0.717, 1.165) is 4.09 Å². The second kappa shape index (κ2) is 2.82. The van der Waals surface area contributed by atoms with Crippen LogP contribution >= 0.6 is 35.0 Å². The molecule has 0 unspecified atom stereocenters. The maximum atomic E-state index is 10.8. The van der Waals surface area contributed by atoms with E-state index in [4.69, 9.17) is 35.0 Å². The fourth-order valence-corrected chi connectivity index (χ4v) is 1.24. The summed E-state index contributed by atoms with van der Waals surface area (Å²) in [5.74, 6) is 0.